The highest BCUT2D eigenvalue weighted by Crippen LogP contribution is 2.36. The number of non-ortho nitro benzene ring substituents is 1. The summed E-state index contributed by atoms with van der Waals surface area (Å²) in [5.41, 5.74) is 0.678. The Hall–Kier alpha value is -2.75. The SMILES string of the molecule is CC1CN(S(=O)(=O)c2cccc([N+](=O)[O-])c2)C(n2ccc3ccccc32)N1C. The topological polar surface area (TPSA) is 88.7 Å². The first-order valence-electron chi connectivity index (χ1n) is 8.84. The molecule has 3 aromatic rings. The van der Waals surface area contributed by atoms with Gasteiger partial charge in [0.15, 0.2) is 6.29 Å². The van der Waals surface area contributed by atoms with Gasteiger partial charge >= 0.3 is 0 Å². The van der Waals surface area contributed by atoms with Gasteiger partial charge < -0.3 is 4.57 Å². The Labute approximate surface area is 162 Å². The fraction of sp³-hybridized carbons (Fsp3) is 0.263. The van der Waals surface area contributed by atoms with Gasteiger partial charge in [0.25, 0.3) is 5.69 Å². The molecule has 1 aliphatic heterocycles. The largest absolute Gasteiger partial charge is 0.317 e. The normalized spacial score (nSPS) is 21.4. The maximum Gasteiger partial charge on any atom is 0.270 e. The van der Waals surface area contributed by atoms with E-state index in [9.17, 15) is 18.5 Å². The van der Waals surface area contributed by atoms with Crippen molar-refractivity contribution in [2.75, 3.05) is 13.6 Å². The number of fused-ring (bicyclic) bond motifs is 1. The number of nitro benzene ring substituents is 1. The van der Waals surface area contributed by atoms with Crippen molar-refractivity contribution in [3.05, 3.63) is 70.9 Å². The van der Waals surface area contributed by atoms with Crippen molar-refractivity contribution in [3.63, 3.8) is 0 Å². The molecule has 0 saturated carbocycles. The molecule has 28 heavy (non-hydrogen) atoms. The summed E-state index contributed by atoms with van der Waals surface area (Å²) >= 11 is 0. The fourth-order valence-corrected chi connectivity index (χ4v) is 5.37. The summed E-state index contributed by atoms with van der Waals surface area (Å²) in [6, 6.07) is 14.9. The second kappa shape index (κ2) is 6.69. The number of sulfonamides is 1. The molecule has 1 aliphatic rings. The molecular weight excluding hydrogens is 380 g/mol. The number of nitrogens with zero attached hydrogens (tertiary/aromatic N) is 4. The maximum atomic E-state index is 13.4. The molecule has 1 fully saturated rings. The minimum Gasteiger partial charge on any atom is -0.317 e. The van der Waals surface area contributed by atoms with Crippen LogP contribution in [0.4, 0.5) is 5.69 Å². The van der Waals surface area contributed by atoms with Crippen LogP contribution in [0.1, 0.15) is 13.2 Å². The Bertz CT molecular complexity index is 1160. The minimum atomic E-state index is -3.94. The summed E-state index contributed by atoms with van der Waals surface area (Å²) in [5, 5.41) is 12.1. The summed E-state index contributed by atoms with van der Waals surface area (Å²) in [4.78, 5) is 12.4. The van der Waals surface area contributed by atoms with Crippen molar-refractivity contribution in [2.24, 2.45) is 0 Å². The van der Waals surface area contributed by atoms with Crippen LogP contribution in [0.5, 0.6) is 0 Å². The standard InChI is InChI=1S/C19H20N4O4S/c1-14-13-22(28(26,27)17-8-5-7-16(12-17)23(24)25)19(20(14)2)21-11-10-15-6-3-4-9-18(15)21/h3-12,14,19H,13H2,1-2H3. The van der Waals surface area contributed by atoms with E-state index < -0.39 is 21.2 Å². The van der Waals surface area contributed by atoms with E-state index in [1.165, 1.54) is 22.5 Å². The van der Waals surface area contributed by atoms with Crippen molar-refractivity contribution in [1.82, 2.24) is 13.8 Å². The highest BCUT2D eigenvalue weighted by atomic mass is 32.2. The lowest BCUT2D eigenvalue weighted by molar-refractivity contribution is -0.385. The number of para-hydroxylation sites is 1. The average molecular weight is 400 g/mol. The first kappa shape index (κ1) is 18.6. The highest BCUT2D eigenvalue weighted by Gasteiger charge is 2.43. The Kier molecular flexibility index (Phi) is 4.45. The molecule has 2 atom stereocenters. The van der Waals surface area contributed by atoms with E-state index in [4.69, 9.17) is 0 Å². The van der Waals surface area contributed by atoms with Gasteiger partial charge in [0.2, 0.25) is 10.0 Å². The molecule has 146 valence electrons. The van der Waals surface area contributed by atoms with Crippen LogP contribution in [-0.4, -0.2) is 46.7 Å². The van der Waals surface area contributed by atoms with E-state index in [1.807, 2.05) is 60.0 Å². The molecule has 0 bridgehead atoms. The molecule has 0 N–H and O–H groups in total. The first-order valence-corrected chi connectivity index (χ1v) is 10.3. The van der Waals surface area contributed by atoms with Gasteiger partial charge in [-0.25, -0.2) is 8.42 Å². The second-order valence-corrected chi connectivity index (χ2v) is 8.86. The number of hydrogen-bond donors (Lipinski definition) is 0. The highest BCUT2D eigenvalue weighted by molar-refractivity contribution is 7.89. The zero-order valence-electron chi connectivity index (χ0n) is 15.5. The molecule has 2 aromatic carbocycles. The van der Waals surface area contributed by atoms with Gasteiger partial charge in [0.05, 0.1) is 15.3 Å². The summed E-state index contributed by atoms with van der Waals surface area (Å²) in [5.74, 6) is 0. The number of hydrogen-bond acceptors (Lipinski definition) is 5. The van der Waals surface area contributed by atoms with Crippen LogP contribution in [0.3, 0.4) is 0 Å². The lowest BCUT2D eigenvalue weighted by Crippen LogP contribution is -2.37. The molecule has 1 saturated heterocycles. The monoisotopic (exact) mass is 400 g/mol. The van der Waals surface area contributed by atoms with Crippen molar-refractivity contribution >= 4 is 26.6 Å². The maximum absolute atomic E-state index is 13.4. The Balaban J connectivity index is 1.83. The van der Waals surface area contributed by atoms with Crippen LogP contribution in [0.25, 0.3) is 10.9 Å². The number of nitro groups is 1. The minimum absolute atomic E-state index is 0.0142. The van der Waals surface area contributed by atoms with Crippen LogP contribution in [0, 0.1) is 10.1 Å². The molecule has 0 radical (unpaired) electrons. The van der Waals surface area contributed by atoms with Crippen molar-refractivity contribution in [3.8, 4) is 0 Å². The molecule has 4 rings (SSSR count). The molecule has 2 unspecified atom stereocenters. The van der Waals surface area contributed by atoms with Gasteiger partial charge in [-0.1, -0.05) is 24.3 Å². The molecule has 0 spiro atoms. The van der Waals surface area contributed by atoms with Crippen molar-refractivity contribution in [2.45, 2.75) is 24.2 Å². The lowest BCUT2D eigenvalue weighted by atomic mass is 10.2. The molecule has 9 heteroatoms. The van der Waals surface area contributed by atoms with E-state index in [-0.39, 0.29) is 16.6 Å². The van der Waals surface area contributed by atoms with Gasteiger partial charge in [0, 0.05) is 30.9 Å². The van der Waals surface area contributed by atoms with Gasteiger partial charge in [0.1, 0.15) is 0 Å². The molecular formula is C19H20N4O4S. The Morgan fingerprint density at radius 1 is 1.11 bits per heavy atom. The van der Waals surface area contributed by atoms with Crippen LogP contribution in [0.15, 0.2) is 65.7 Å². The third-order valence-electron chi connectivity index (χ3n) is 5.27. The number of aromatic nitrogens is 1. The molecule has 1 aromatic heterocycles. The summed E-state index contributed by atoms with van der Waals surface area (Å²) < 4.78 is 30.1. The molecule has 8 nitrogen and oxygen atoms in total. The Morgan fingerprint density at radius 2 is 1.86 bits per heavy atom. The number of rotatable bonds is 4. The molecule has 0 amide bonds. The van der Waals surface area contributed by atoms with Gasteiger partial charge in [-0.05, 0) is 37.6 Å². The van der Waals surface area contributed by atoms with Crippen LogP contribution >= 0.6 is 0 Å². The Morgan fingerprint density at radius 3 is 2.61 bits per heavy atom. The molecule has 2 heterocycles. The predicted molar refractivity (Wildman–Crippen MR) is 105 cm³/mol. The quantitative estimate of drug-likeness (QED) is 0.496. The third kappa shape index (κ3) is 2.88. The molecule has 0 aliphatic carbocycles. The van der Waals surface area contributed by atoms with Crippen LogP contribution < -0.4 is 0 Å². The van der Waals surface area contributed by atoms with Crippen LogP contribution in [0.2, 0.25) is 0 Å². The third-order valence-corrected chi connectivity index (χ3v) is 7.08. The first-order chi connectivity index (χ1) is 13.3. The van der Waals surface area contributed by atoms with E-state index in [1.54, 1.807) is 0 Å². The summed E-state index contributed by atoms with van der Waals surface area (Å²) in [7, 11) is -2.06. The fourth-order valence-electron chi connectivity index (χ4n) is 3.67. The summed E-state index contributed by atoms with van der Waals surface area (Å²) in [6.07, 6.45) is 1.32. The number of likely N-dealkylation sites (N-methyl/N-ethyl adjacent to an activating group) is 1. The van der Waals surface area contributed by atoms with Crippen molar-refractivity contribution < 1.29 is 13.3 Å². The van der Waals surface area contributed by atoms with E-state index in [0.29, 0.717) is 6.54 Å². The second-order valence-electron chi connectivity index (χ2n) is 6.97. The van der Waals surface area contributed by atoms with E-state index in [0.717, 1.165) is 17.0 Å². The predicted octanol–water partition coefficient (Wildman–Crippen LogP) is 3.03. The van der Waals surface area contributed by atoms with Gasteiger partial charge in [-0.15, -0.1) is 0 Å². The van der Waals surface area contributed by atoms with Crippen LogP contribution in [-0.2, 0) is 10.0 Å². The zero-order chi connectivity index (χ0) is 20.1. The number of benzene rings is 2. The smallest absolute Gasteiger partial charge is 0.270 e. The van der Waals surface area contributed by atoms with E-state index in [2.05, 4.69) is 0 Å². The van der Waals surface area contributed by atoms with Gasteiger partial charge in [-0.3, -0.25) is 15.0 Å². The summed E-state index contributed by atoms with van der Waals surface area (Å²) in [6.45, 7) is 2.25. The van der Waals surface area contributed by atoms with E-state index >= 15 is 0 Å². The van der Waals surface area contributed by atoms with Gasteiger partial charge in [-0.2, -0.15) is 4.31 Å². The van der Waals surface area contributed by atoms with Crippen molar-refractivity contribution in [1.29, 1.82) is 0 Å². The lowest BCUT2D eigenvalue weighted by Gasteiger charge is -2.30. The zero-order valence-corrected chi connectivity index (χ0v) is 16.3. The average Bonchev–Trinajstić information content (AvgIpc) is 3.23.